The number of nitrogens with one attached hydrogen (secondary N) is 1. The molecule has 0 atom stereocenters. The molecular formula is C24H19FN2O. The van der Waals surface area contributed by atoms with Crippen molar-refractivity contribution in [1.29, 1.82) is 0 Å². The number of hydrogen-bond acceptors (Lipinski definition) is 3. The van der Waals surface area contributed by atoms with Crippen molar-refractivity contribution in [3.05, 3.63) is 96.8 Å². The van der Waals surface area contributed by atoms with Gasteiger partial charge in [-0.1, -0.05) is 42.5 Å². The highest BCUT2D eigenvalue weighted by Crippen LogP contribution is 2.30. The summed E-state index contributed by atoms with van der Waals surface area (Å²) in [7, 11) is 1.64. The highest BCUT2D eigenvalue weighted by molar-refractivity contribution is 5.74. The first-order chi connectivity index (χ1) is 13.7. The number of methoxy groups -OCH3 is 1. The van der Waals surface area contributed by atoms with Crippen LogP contribution >= 0.6 is 0 Å². The molecule has 0 fully saturated rings. The molecular weight excluding hydrogens is 351 g/mol. The van der Waals surface area contributed by atoms with Gasteiger partial charge in [0.1, 0.15) is 11.6 Å². The lowest BCUT2D eigenvalue weighted by atomic mass is 10.1. The van der Waals surface area contributed by atoms with E-state index in [1.807, 2.05) is 72.8 Å². The largest absolute Gasteiger partial charge is 0.497 e. The summed E-state index contributed by atoms with van der Waals surface area (Å²) >= 11 is 0. The standard InChI is InChI=1S/C24H19FN2O/c1-28-20-13-11-18(12-14-20)26-19-15-23(17-7-3-2-4-8-17)27-24(16-19)21-9-5-6-10-22(21)25/h2-16H,1H3,(H,26,27). The van der Waals surface area contributed by atoms with E-state index in [0.29, 0.717) is 11.3 Å². The predicted molar refractivity (Wildman–Crippen MR) is 111 cm³/mol. The maximum atomic E-state index is 14.4. The molecule has 3 nitrogen and oxygen atoms in total. The van der Waals surface area contributed by atoms with E-state index < -0.39 is 0 Å². The Bertz CT molecular complexity index is 1080. The number of halogens is 1. The van der Waals surface area contributed by atoms with Gasteiger partial charge in [0.15, 0.2) is 0 Å². The molecule has 28 heavy (non-hydrogen) atoms. The van der Waals surface area contributed by atoms with Crippen molar-refractivity contribution in [2.45, 2.75) is 0 Å². The van der Waals surface area contributed by atoms with Gasteiger partial charge in [0.05, 0.1) is 18.5 Å². The quantitative estimate of drug-likeness (QED) is 0.447. The molecule has 0 aliphatic heterocycles. The van der Waals surface area contributed by atoms with Gasteiger partial charge >= 0.3 is 0 Å². The van der Waals surface area contributed by atoms with Crippen LogP contribution in [0.4, 0.5) is 15.8 Å². The Morgan fingerprint density at radius 1 is 0.750 bits per heavy atom. The summed E-state index contributed by atoms with van der Waals surface area (Å²) in [6.07, 6.45) is 0. The van der Waals surface area contributed by atoms with Crippen molar-refractivity contribution >= 4 is 11.4 Å². The van der Waals surface area contributed by atoms with Crippen LogP contribution in [-0.2, 0) is 0 Å². The second kappa shape index (κ2) is 7.92. The molecule has 138 valence electrons. The highest BCUT2D eigenvalue weighted by atomic mass is 19.1. The molecule has 0 bridgehead atoms. The predicted octanol–water partition coefficient (Wildman–Crippen LogP) is 6.31. The summed E-state index contributed by atoms with van der Waals surface area (Å²) in [4.78, 5) is 4.70. The first-order valence-corrected chi connectivity index (χ1v) is 8.96. The van der Waals surface area contributed by atoms with Gasteiger partial charge in [-0.15, -0.1) is 0 Å². The van der Waals surface area contributed by atoms with Crippen LogP contribution in [0.3, 0.4) is 0 Å². The van der Waals surface area contributed by atoms with Crippen molar-refractivity contribution in [3.8, 4) is 28.3 Å². The number of aromatic nitrogens is 1. The minimum Gasteiger partial charge on any atom is -0.497 e. The maximum Gasteiger partial charge on any atom is 0.132 e. The average molecular weight is 370 g/mol. The van der Waals surface area contributed by atoms with Crippen LogP contribution in [0.1, 0.15) is 0 Å². The SMILES string of the molecule is COc1ccc(Nc2cc(-c3ccccc3)nc(-c3ccccc3F)c2)cc1. The van der Waals surface area contributed by atoms with Gasteiger partial charge in [0.25, 0.3) is 0 Å². The second-order valence-electron chi connectivity index (χ2n) is 6.33. The molecule has 4 heteroatoms. The van der Waals surface area contributed by atoms with Crippen LogP contribution < -0.4 is 10.1 Å². The Hall–Kier alpha value is -3.66. The number of nitrogens with zero attached hydrogens (tertiary/aromatic N) is 1. The van der Waals surface area contributed by atoms with Gasteiger partial charge in [-0.25, -0.2) is 9.37 Å². The Balaban J connectivity index is 1.78. The lowest BCUT2D eigenvalue weighted by Crippen LogP contribution is -1.96. The van der Waals surface area contributed by atoms with Crippen molar-refractivity contribution in [3.63, 3.8) is 0 Å². The summed E-state index contributed by atoms with van der Waals surface area (Å²) in [5, 5.41) is 3.38. The van der Waals surface area contributed by atoms with E-state index in [9.17, 15) is 4.39 Å². The number of anilines is 2. The fourth-order valence-electron chi connectivity index (χ4n) is 3.01. The van der Waals surface area contributed by atoms with E-state index >= 15 is 0 Å². The summed E-state index contributed by atoms with van der Waals surface area (Å²) < 4.78 is 19.6. The molecule has 0 saturated heterocycles. The average Bonchev–Trinajstić information content (AvgIpc) is 2.75. The van der Waals surface area contributed by atoms with Crippen molar-refractivity contribution in [2.24, 2.45) is 0 Å². The Labute approximate surface area is 163 Å². The fraction of sp³-hybridized carbons (Fsp3) is 0.0417. The van der Waals surface area contributed by atoms with E-state index in [2.05, 4.69) is 5.32 Å². The van der Waals surface area contributed by atoms with Crippen molar-refractivity contribution < 1.29 is 9.13 Å². The number of rotatable bonds is 5. The molecule has 0 aliphatic rings. The third-order valence-electron chi connectivity index (χ3n) is 4.42. The Morgan fingerprint density at radius 2 is 1.43 bits per heavy atom. The van der Waals surface area contributed by atoms with Crippen LogP contribution in [0.5, 0.6) is 5.75 Å². The zero-order valence-corrected chi connectivity index (χ0v) is 15.4. The molecule has 0 saturated carbocycles. The molecule has 0 unspecified atom stereocenters. The molecule has 1 N–H and O–H groups in total. The molecule has 0 radical (unpaired) electrons. The van der Waals surface area contributed by atoms with Crippen molar-refractivity contribution in [1.82, 2.24) is 4.98 Å². The Morgan fingerprint density at radius 3 is 2.14 bits per heavy atom. The van der Waals surface area contributed by atoms with Crippen LogP contribution in [0, 0.1) is 5.82 Å². The van der Waals surface area contributed by atoms with Crippen LogP contribution in [0.25, 0.3) is 22.5 Å². The lowest BCUT2D eigenvalue weighted by Gasteiger charge is -2.12. The Kier molecular flexibility index (Phi) is 5.02. The summed E-state index contributed by atoms with van der Waals surface area (Å²) in [6.45, 7) is 0. The van der Waals surface area contributed by atoms with E-state index in [0.717, 1.165) is 28.4 Å². The van der Waals surface area contributed by atoms with Crippen LogP contribution in [0.15, 0.2) is 91.0 Å². The minimum atomic E-state index is -0.296. The van der Waals surface area contributed by atoms with E-state index in [4.69, 9.17) is 9.72 Å². The third kappa shape index (κ3) is 3.86. The number of hydrogen-bond donors (Lipinski definition) is 1. The third-order valence-corrected chi connectivity index (χ3v) is 4.42. The summed E-state index contributed by atoms with van der Waals surface area (Å²) in [5.41, 5.74) is 4.53. The van der Waals surface area contributed by atoms with Crippen LogP contribution in [-0.4, -0.2) is 12.1 Å². The summed E-state index contributed by atoms with van der Waals surface area (Å²) in [5.74, 6) is 0.493. The normalized spacial score (nSPS) is 10.5. The molecule has 0 aliphatic carbocycles. The fourth-order valence-corrected chi connectivity index (χ4v) is 3.01. The molecule has 0 amide bonds. The van der Waals surface area contributed by atoms with Crippen molar-refractivity contribution in [2.75, 3.05) is 12.4 Å². The van der Waals surface area contributed by atoms with Gasteiger partial charge < -0.3 is 10.1 Å². The van der Waals surface area contributed by atoms with Gasteiger partial charge in [-0.2, -0.15) is 0 Å². The molecule has 3 aromatic carbocycles. The second-order valence-corrected chi connectivity index (χ2v) is 6.33. The lowest BCUT2D eigenvalue weighted by molar-refractivity contribution is 0.415. The summed E-state index contributed by atoms with van der Waals surface area (Å²) in [6, 6.07) is 28.0. The number of benzene rings is 3. The zero-order chi connectivity index (χ0) is 19.3. The van der Waals surface area contributed by atoms with Gasteiger partial charge in [-0.05, 0) is 48.5 Å². The highest BCUT2D eigenvalue weighted by Gasteiger charge is 2.10. The minimum absolute atomic E-state index is 0.296. The maximum absolute atomic E-state index is 14.4. The first kappa shape index (κ1) is 17.7. The number of pyridine rings is 1. The first-order valence-electron chi connectivity index (χ1n) is 8.96. The van der Waals surface area contributed by atoms with Gasteiger partial charge in [-0.3, -0.25) is 0 Å². The number of ether oxygens (including phenoxy) is 1. The van der Waals surface area contributed by atoms with E-state index in [1.165, 1.54) is 6.07 Å². The molecule has 0 spiro atoms. The van der Waals surface area contributed by atoms with Crippen LogP contribution in [0.2, 0.25) is 0 Å². The topological polar surface area (TPSA) is 34.1 Å². The smallest absolute Gasteiger partial charge is 0.132 e. The molecule has 1 heterocycles. The molecule has 4 aromatic rings. The van der Waals surface area contributed by atoms with Gasteiger partial charge in [0.2, 0.25) is 0 Å². The molecule has 4 rings (SSSR count). The van der Waals surface area contributed by atoms with E-state index in [1.54, 1.807) is 19.2 Å². The molecule has 1 aromatic heterocycles. The van der Waals surface area contributed by atoms with Gasteiger partial charge in [0, 0.05) is 22.5 Å². The zero-order valence-electron chi connectivity index (χ0n) is 15.4. The monoisotopic (exact) mass is 370 g/mol. The van der Waals surface area contributed by atoms with E-state index in [-0.39, 0.29) is 5.82 Å².